The summed E-state index contributed by atoms with van der Waals surface area (Å²) >= 11 is 0. The van der Waals surface area contributed by atoms with E-state index in [0.717, 1.165) is 12.8 Å². The van der Waals surface area contributed by atoms with Crippen LogP contribution in [0.1, 0.15) is 17.7 Å². The average Bonchev–Trinajstić information content (AvgIpc) is 3.95. The molecule has 12 aromatic rings. The van der Waals surface area contributed by atoms with Gasteiger partial charge in [0.25, 0.3) is 0 Å². The molecule has 0 atom stereocenters. The minimum absolute atomic E-state index is 0.860. The van der Waals surface area contributed by atoms with Crippen LogP contribution < -0.4 is 20.7 Å². The van der Waals surface area contributed by atoms with Gasteiger partial charge < -0.3 is 9.13 Å². The number of fused-ring (bicyclic) bond motifs is 6. The largest absolute Gasteiger partial charge is 0.313 e. The normalized spacial score (nSPS) is 12.6. The molecule has 0 saturated carbocycles. The third kappa shape index (κ3) is 6.61. The summed E-state index contributed by atoms with van der Waals surface area (Å²) in [5.74, 6) is 0. The van der Waals surface area contributed by atoms with Gasteiger partial charge in [-0.2, -0.15) is 0 Å². The summed E-state index contributed by atoms with van der Waals surface area (Å²) in [6.07, 6.45) is 4.31. The molecule has 2 aromatic heterocycles. The second kappa shape index (κ2) is 17.0. The molecule has 326 valence electrons. The predicted octanol–water partition coefficient (Wildman–Crippen LogP) is 14.1. The lowest BCUT2D eigenvalue weighted by molar-refractivity contribution is 0.874. The molecule has 0 amide bonds. The Labute approximate surface area is 404 Å². The van der Waals surface area contributed by atoms with Crippen LogP contribution in [0.15, 0.2) is 261 Å². The third-order valence-corrected chi connectivity index (χ3v) is 19.4. The second-order valence-electron chi connectivity index (χ2n) is 18.3. The van der Waals surface area contributed by atoms with Crippen molar-refractivity contribution in [2.75, 3.05) is 0 Å². The molecule has 0 saturated heterocycles. The minimum Gasteiger partial charge on any atom is -0.313 e. The van der Waals surface area contributed by atoms with Crippen LogP contribution in [-0.4, -0.2) is 17.2 Å². The first kappa shape index (κ1) is 40.7. The summed E-state index contributed by atoms with van der Waals surface area (Å²) in [4.78, 5) is 0. The fourth-order valence-electron chi connectivity index (χ4n) is 11.7. The number of para-hydroxylation sites is 2. The third-order valence-electron chi connectivity index (χ3n) is 14.6. The molecule has 69 heavy (non-hydrogen) atoms. The number of nitrogens with zero attached hydrogens (tertiary/aromatic N) is 2. The van der Waals surface area contributed by atoms with Crippen molar-refractivity contribution in [3.63, 3.8) is 0 Å². The van der Waals surface area contributed by atoms with Gasteiger partial charge in [-0.15, -0.1) is 0 Å². The summed E-state index contributed by atoms with van der Waals surface area (Å²) in [7, 11) is -3.03. The highest BCUT2D eigenvalue weighted by Crippen LogP contribution is 2.45. The fraction of sp³-hybridized carbons (Fsp3) is 0.0303. The zero-order valence-corrected chi connectivity index (χ0v) is 39.2. The van der Waals surface area contributed by atoms with Gasteiger partial charge in [0.05, 0.1) is 22.2 Å². The maximum absolute atomic E-state index is 3.03. The molecule has 2 nitrogen and oxygen atoms in total. The molecule has 0 spiro atoms. The average molecular weight is 897 g/mol. The van der Waals surface area contributed by atoms with Crippen molar-refractivity contribution in [2.45, 2.75) is 12.8 Å². The first-order valence-corrected chi connectivity index (χ1v) is 26.1. The molecule has 0 fully saturated rings. The lowest BCUT2D eigenvalue weighted by atomic mass is 9.94. The highest BCUT2D eigenvalue weighted by Gasteiger charge is 2.44. The van der Waals surface area contributed by atoms with Crippen molar-refractivity contribution < 1.29 is 0 Å². The predicted molar refractivity (Wildman–Crippen MR) is 295 cm³/mol. The molecule has 0 unspecified atom stereocenters. The van der Waals surface area contributed by atoms with E-state index in [0.29, 0.717) is 0 Å². The van der Waals surface area contributed by atoms with Crippen LogP contribution in [0.25, 0.3) is 83.5 Å². The van der Waals surface area contributed by atoms with Gasteiger partial charge in [0.1, 0.15) is 0 Å². The van der Waals surface area contributed by atoms with Crippen LogP contribution in [0, 0.1) is 0 Å². The van der Waals surface area contributed by atoms with Crippen LogP contribution in [-0.2, 0) is 6.42 Å². The summed E-state index contributed by atoms with van der Waals surface area (Å²) < 4.78 is 5.24. The van der Waals surface area contributed by atoms with Gasteiger partial charge in [-0.3, -0.25) is 0 Å². The SMILES string of the molecule is C1=C(n2c3ccccc3c3cc(-c4ccccc4)ccc32)CCc2c1c1c([Si](c3ccccc3)(c3ccccc3)c3ccccc3)cccc1n2-c1c(-c2ccccc2)cccc1-c1ccccc1. The Morgan fingerprint density at radius 1 is 0.333 bits per heavy atom. The zero-order valence-electron chi connectivity index (χ0n) is 38.2. The summed E-state index contributed by atoms with van der Waals surface area (Å²) in [5, 5.41) is 9.35. The molecule has 2 heterocycles. The van der Waals surface area contributed by atoms with Crippen molar-refractivity contribution in [3.8, 4) is 39.1 Å². The smallest absolute Gasteiger partial charge is 0.180 e. The molecule has 0 aliphatic heterocycles. The topological polar surface area (TPSA) is 9.86 Å². The summed E-state index contributed by atoms with van der Waals surface area (Å²) in [6.45, 7) is 0. The van der Waals surface area contributed by atoms with E-state index in [4.69, 9.17) is 0 Å². The van der Waals surface area contributed by atoms with Crippen LogP contribution >= 0.6 is 0 Å². The lowest BCUT2D eigenvalue weighted by Crippen LogP contribution is -2.74. The molecule has 1 aliphatic carbocycles. The minimum atomic E-state index is -3.03. The van der Waals surface area contributed by atoms with Gasteiger partial charge in [0.2, 0.25) is 0 Å². The molecule has 0 N–H and O–H groups in total. The van der Waals surface area contributed by atoms with Crippen LogP contribution in [0.4, 0.5) is 0 Å². The van der Waals surface area contributed by atoms with E-state index in [1.165, 1.54) is 109 Å². The van der Waals surface area contributed by atoms with Gasteiger partial charge in [0.15, 0.2) is 8.07 Å². The van der Waals surface area contributed by atoms with E-state index < -0.39 is 8.07 Å². The Morgan fingerprint density at radius 2 is 0.812 bits per heavy atom. The monoisotopic (exact) mass is 896 g/mol. The molecule has 0 bridgehead atoms. The quantitative estimate of drug-likeness (QED) is 0.101. The number of benzene rings is 10. The van der Waals surface area contributed by atoms with Gasteiger partial charge in [-0.05, 0) is 86.2 Å². The van der Waals surface area contributed by atoms with Crippen molar-refractivity contribution in [3.05, 3.63) is 272 Å². The number of aromatic nitrogens is 2. The highest BCUT2D eigenvalue weighted by atomic mass is 28.3. The van der Waals surface area contributed by atoms with Gasteiger partial charge in [0, 0.05) is 44.2 Å². The Morgan fingerprint density at radius 3 is 1.39 bits per heavy atom. The van der Waals surface area contributed by atoms with Crippen molar-refractivity contribution in [1.29, 1.82) is 0 Å². The first-order chi connectivity index (χ1) is 34.3. The van der Waals surface area contributed by atoms with E-state index in [1.807, 2.05) is 0 Å². The van der Waals surface area contributed by atoms with Crippen LogP contribution in [0.5, 0.6) is 0 Å². The first-order valence-electron chi connectivity index (χ1n) is 24.1. The Bertz CT molecular complexity index is 3700. The van der Waals surface area contributed by atoms with Crippen LogP contribution in [0.2, 0.25) is 0 Å². The zero-order chi connectivity index (χ0) is 45.7. The Hall–Kier alpha value is -8.50. The maximum Gasteiger partial charge on any atom is 0.180 e. The summed E-state index contributed by atoms with van der Waals surface area (Å²) in [5.41, 5.74) is 16.1. The highest BCUT2D eigenvalue weighted by molar-refractivity contribution is 7.20. The van der Waals surface area contributed by atoms with E-state index in [2.05, 4.69) is 276 Å². The standard InChI is InChI=1S/C66H48N2Si/c1-7-23-47(24-8-1)50-41-43-61-58(45-50)57-35-19-20-38-60(57)67(61)51-42-44-62-59(46-51)65-63(68(62)66-55(48-25-9-2-10-26-48)36-21-37-56(66)49-27-11-3-12-28-49)39-22-40-64(65)69(52-29-13-4-14-30-52,53-31-15-5-16-32-53)54-33-17-6-18-34-54/h1-41,43,45-46H,42,44H2. The van der Waals surface area contributed by atoms with E-state index >= 15 is 0 Å². The number of hydrogen-bond donors (Lipinski definition) is 0. The molecular weight excluding hydrogens is 849 g/mol. The molecule has 3 heteroatoms. The van der Waals surface area contributed by atoms with Crippen molar-refractivity contribution in [1.82, 2.24) is 9.13 Å². The van der Waals surface area contributed by atoms with E-state index in [1.54, 1.807) is 0 Å². The van der Waals surface area contributed by atoms with Crippen molar-refractivity contribution >= 4 is 73.3 Å². The fourth-order valence-corrected chi connectivity index (χ4v) is 16.7. The molecule has 13 rings (SSSR count). The Kier molecular flexibility index (Phi) is 10.0. The summed E-state index contributed by atoms with van der Waals surface area (Å²) in [6, 6.07) is 97.0. The van der Waals surface area contributed by atoms with Gasteiger partial charge >= 0.3 is 0 Å². The van der Waals surface area contributed by atoms with E-state index in [-0.39, 0.29) is 0 Å². The lowest BCUT2D eigenvalue weighted by Gasteiger charge is -2.35. The van der Waals surface area contributed by atoms with E-state index in [9.17, 15) is 0 Å². The number of allylic oxidation sites excluding steroid dienone is 1. The van der Waals surface area contributed by atoms with Gasteiger partial charge in [-0.1, -0.05) is 237 Å². The second-order valence-corrected chi connectivity index (χ2v) is 22.0. The molecular formula is C66H48N2Si. The molecule has 10 aromatic carbocycles. The van der Waals surface area contributed by atoms with Gasteiger partial charge in [-0.25, -0.2) is 0 Å². The molecule has 0 radical (unpaired) electrons. The molecule has 1 aliphatic rings. The Balaban J connectivity index is 1.18. The van der Waals surface area contributed by atoms with Crippen molar-refractivity contribution in [2.24, 2.45) is 0 Å². The maximum atomic E-state index is 2.67. The number of rotatable bonds is 9. The van der Waals surface area contributed by atoms with Crippen LogP contribution in [0.3, 0.4) is 0 Å². The number of hydrogen-bond acceptors (Lipinski definition) is 0.